The molecule has 0 bridgehead atoms. The summed E-state index contributed by atoms with van der Waals surface area (Å²) in [7, 11) is 0. The van der Waals surface area contributed by atoms with E-state index in [-0.39, 0.29) is 6.04 Å². The highest BCUT2D eigenvalue weighted by molar-refractivity contribution is 7.99. The summed E-state index contributed by atoms with van der Waals surface area (Å²) in [6.07, 6.45) is 6.08. The van der Waals surface area contributed by atoms with Crippen molar-refractivity contribution in [1.29, 1.82) is 0 Å². The second kappa shape index (κ2) is 8.21. The van der Waals surface area contributed by atoms with Crippen molar-refractivity contribution in [2.24, 2.45) is 0 Å². The van der Waals surface area contributed by atoms with Gasteiger partial charge >= 0.3 is 0 Å². The normalized spacial score (nSPS) is 19.7. The number of aliphatic hydroxyl groups excluding tert-OH is 1. The number of hydrogen-bond donors (Lipinski definition) is 2. The lowest BCUT2D eigenvalue weighted by Crippen LogP contribution is -2.41. The van der Waals surface area contributed by atoms with Gasteiger partial charge in [-0.15, -0.1) is 11.8 Å². The van der Waals surface area contributed by atoms with Gasteiger partial charge < -0.3 is 10.4 Å². The van der Waals surface area contributed by atoms with E-state index in [1.807, 2.05) is 11.8 Å². The zero-order valence-electron chi connectivity index (χ0n) is 13.5. The Balaban J connectivity index is 1.90. The number of benzene rings is 1. The number of rotatable bonds is 6. The monoisotopic (exact) mass is 307 g/mol. The third kappa shape index (κ3) is 5.32. The summed E-state index contributed by atoms with van der Waals surface area (Å²) in [5.41, 5.74) is 1.01. The molecule has 0 aromatic heterocycles. The standard InChI is InChI=1S/C18H29NOS/c1-13(2)21-17-11-9-15(10-12-17)18(20)14(3)19-16-7-5-4-6-8-16/h9-14,16,18-20H,4-8H2,1-3H3. The van der Waals surface area contributed by atoms with E-state index >= 15 is 0 Å². The summed E-state index contributed by atoms with van der Waals surface area (Å²) in [5.74, 6) is 0. The molecular formula is C18H29NOS. The minimum absolute atomic E-state index is 0.108. The lowest BCUT2D eigenvalue weighted by molar-refractivity contribution is 0.125. The van der Waals surface area contributed by atoms with Crippen molar-refractivity contribution in [3.8, 4) is 0 Å². The molecule has 2 nitrogen and oxygen atoms in total. The molecule has 1 aromatic carbocycles. The molecule has 2 N–H and O–H groups in total. The van der Waals surface area contributed by atoms with Crippen molar-refractivity contribution < 1.29 is 5.11 Å². The topological polar surface area (TPSA) is 32.3 Å². The quantitative estimate of drug-likeness (QED) is 0.757. The fourth-order valence-corrected chi connectivity index (χ4v) is 3.87. The second-order valence-corrected chi connectivity index (χ2v) is 8.12. The van der Waals surface area contributed by atoms with Gasteiger partial charge in [0.25, 0.3) is 0 Å². The Labute approximate surface area is 133 Å². The third-order valence-electron chi connectivity index (χ3n) is 4.17. The molecule has 1 saturated carbocycles. The highest BCUT2D eigenvalue weighted by atomic mass is 32.2. The van der Waals surface area contributed by atoms with Gasteiger partial charge in [-0.3, -0.25) is 0 Å². The summed E-state index contributed by atoms with van der Waals surface area (Å²) in [6, 6.07) is 9.06. The fraction of sp³-hybridized carbons (Fsp3) is 0.667. The SMILES string of the molecule is CC(C)Sc1ccc(C(O)C(C)NC2CCCCC2)cc1. The van der Waals surface area contributed by atoms with Crippen LogP contribution in [0.15, 0.2) is 29.2 Å². The Morgan fingerprint density at radius 3 is 2.24 bits per heavy atom. The maximum atomic E-state index is 10.5. The number of aliphatic hydroxyl groups is 1. The van der Waals surface area contributed by atoms with Gasteiger partial charge in [0.15, 0.2) is 0 Å². The molecule has 2 rings (SSSR count). The minimum Gasteiger partial charge on any atom is -0.387 e. The summed E-state index contributed by atoms with van der Waals surface area (Å²) in [4.78, 5) is 1.27. The van der Waals surface area contributed by atoms with E-state index in [0.29, 0.717) is 11.3 Å². The Bertz CT molecular complexity index is 412. The van der Waals surface area contributed by atoms with Crippen molar-refractivity contribution >= 4 is 11.8 Å². The Kier molecular flexibility index (Phi) is 6.59. The number of nitrogens with one attached hydrogen (secondary N) is 1. The van der Waals surface area contributed by atoms with Gasteiger partial charge in [-0.1, -0.05) is 45.2 Å². The van der Waals surface area contributed by atoms with E-state index in [1.54, 1.807) is 0 Å². The molecule has 0 amide bonds. The lowest BCUT2D eigenvalue weighted by Gasteiger charge is -2.29. The molecule has 2 atom stereocenters. The van der Waals surface area contributed by atoms with Crippen LogP contribution in [0, 0.1) is 0 Å². The predicted molar refractivity (Wildman–Crippen MR) is 91.9 cm³/mol. The highest BCUT2D eigenvalue weighted by Gasteiger charge is 2.21. The molecular weight excluding hydrogens is 278 g/mol. The van der Waals surface area contributed by atoms with Crippen molar-refractivity contribution in [2.45, 2.75) is 81.2 Å². The van der Waals surface area contributed by atoms with Gasteiger partial charge in [0.05, 0.1) is 6.10 Å². The summed E-state index contributed by atoms with van der Waals surface area (Å²) in [6.45, 7) is 6.49. The molecule has 1 fully saturated rings. The zero-order chi connectivity index (χ0) is 15.2. The van der Waals surface area contributed by atoms with Crippen molar-refractivity contribution in [2.75, 3.05) is 0 Å². The van der Waals surface area contributed by atoms with Crippen LogP contribution in [0.2, 0.25) is 0 Å². The van der Waals surface area contributed by atoms with Crippen molar-refractivity contribution in [1.82, 2.24) is 5.32 Å². The van der Waals surface area contributed by atoms with Crippen LogP contribution >= 0.6 is 11.8 Å². The summed E-state index contributed by atoms with van der Waals surface area (Å²) in [5, 5.41) is 14.7. The van der Waals surface area contributed by atoms with Gasteiger partial charge in [-0.25, -0.2) is 0 Å². The van der Waals surface area contributed by atoms with Crippen LogP contribution in [0.25, 0.3) is 0 Å². The summed E-state index contributed by atoms with van der Waals surface area (Å²) < 4.78 is 0. The fourth-order valence-electron chi connectivity index (χ4n) is 3.04. The minimum atomic E-state index is -0.426. The van der Waals surface area contributed by atoms with Crippen LogP contribution in [0.3, 0.4) is 0 Å². The van der Waals surface area contributed by atoms with Crippen LogP contribution < -0.4 is 5.32 Å². The van der Waals surface area contributed by atoms with Gasteiger partial charge in [0.1, 0.15) is 0 Å². The van der Waals surface area contributed by atoms with Gasteiger partial charge in [0.2, 0.25) is 0 Å². The molecule has 2 unspecified atom stereocenters. The molecule has 3 heteroatoms. The van der Waals surface area contributed by atoms with E-state index in [0.717, 1.165) is 5.56 Å². The first-order valence-electron chi connectivity index (χ1n) is 8.27. The van der Waals surface area contributed by atoms with Crippen LogP contribution in [0.1, 0.15) is 64.5 Å². The maximum absolute atomic E-state index is 10.5. The van der Waals surface area contributed by atoms with E-state index in [1.165, 1.54) is 37.0 Å². The van der Waals surface area contributed by atoms with Crippen LogP contribution in [0.4, 0.5) is 0 Å². The summed E-state index contributed by atoms with van der Waals surface area (Å²) >= 11 is 1.86. The molecule has 118 valence electrons. The lowest BCUT2D eigenvalue weighted by atomic mass is 9.94. The van der Waals surface area contributed by atoms with E-state index in [9.17, 15) is 5.11 Å². The number of hydrogen-bond acceptors (Lipinski definition) is 3. The molecule has 21 heavy (non-hydrogen) atoms. The molecule has 1 aliphatic carbocycles. The Hall–Kier alpha value is -0.510. The average Bonchev–Trinajstić information content (AvgIpc) is 2.47. The van der Waals surface area contributed by atoms with Crippen molar-refractivity contribution in [3.05, 3.63) is 29.8 Å². The first-order chi connectivity index (χ1) is 10.1. The van der Waals surface area contributed by atoms with Crippen LogP contribution in [0.5, 0.6) is 0 Å². The third-order valence-corrected chi connectivity index (χ3v) is 5.19. The smallest absolute Gasteiger partial charge is 0.0940 e. The van der Waals surface area contributed by atoms with Crippen molar-refractivity contribution in [3.63, 3.8) is 0 Å². The zero-order valence-corrected chi connectivity index (χ0v) is 14.3. The molecule has 0 radical (unpaired) electrons. The number of thioether (sulfide) groups is 1. The first kappa shape index (κ1) is 16.9. The molecule has 0 saturated heterocycles. The maximum Gasteiger partial charge on any atom is 0.0940 e. The van der Waals surface area contributed by atoms with Crippen LogP contribution in [-0.4, -0.2) is 22.4 Å². The van der Waals surface area contributed by atoms with Gasteiger partial charge in [-0.2, -0.15) is 0 Å². The second-order valence-electron chi connectivity index (χ2n) is 6.47. The predicted octanol–water partition coefficient (Wildman–Crippen LogP) is 4.53. The molecule has 1 aromatic rings. The average molecular weight is 308 g/mol. The first-order valence-corrected chi connectivity index (χ1v) is 9.15. The molecule has 0 aliphatic heterocycles. The van der Waals surface area contributed by atoms with E-state index < -0.39 is 6.10 Å². The van der Waals surface area contributed by atoms with Crippen LogP contribution in [-0.2, 0) is 0 Å². The largest absolute Gasteiger partial charge is 0.387 e. The highest BCUT2D eigenvalue weighted by Crippen LogP contribution is 2.26. The Morgan fingerprint density at radius 2 is 1.67 bits per heavy atom. The van der Waals surface area contributed by atoms with E-state index in [2.05, 4.69) is 50.4 Å². The molecule has 0 heterocycles. The Morgan fingerprint density at radius 1 is 1.05 bits per heavy atom. The molecule has 1 aliphatic rings. The molecule has 0 spiro atoms. The van der Waals surface area contributed by atoms with Gasteiger partial charge in [0, 0.05) is 22.2 Å². The van der Waals surface area contributed by atoms with Gasteiger partial charge in [-0.05, 0) is 37.5 Å². The van der Waals surface area contributed by atoms with E-state index in [4.69, 9.17) is 0 Å².